The van der Waals surface area contributed by atoms with Gasteiger partial charge in [0.1, 0.15) is 6.10 Å². The van der Waals surface area contributed by atoms with Crippen LogP contribution in [0.4, 0.5) is 0 Å². The average molecular weight is 193 g/mol. The predicted octanol–water partition coefficient (Wildman–Crippen LogP) is 1.39. The van der Waals surface area contributed by atoms with E-state index >= 15 is 0 Å². The van der Waals surface area contributed by atoms with E-state index in [1.807, 2.05) is 18.2 Å². The van der Waals surface area contributed by atoms with Gasteiger partial charge in [0.2, 0.25) is 0 Å². The number of pyridine rings is 1. The van der Waals surface area contributed by atoms with Crippen molar-refractivity contribution in [2.45, 2.75) is 25.0 Å². The fourth-order valence-corrected chi connectivity index (χ4v) is 1.60. The molecule has 0 amide bonds. The van der Waals surface area contributed by atoms with E-state index in [9.17, 15) is 4.79 Å². The quantitative estimate of drug-likeness (QED) is 0.771. The van der Waals surface area contributed by atoms with Crippen molar-refractivity contribution < 1.29 is 14.6 Å². The predicted molar refractivity (Wildman–Crippen MR) is 48.7 cm³/mol. The SMILES string of the molecule is O=C(O)C1CCC(c2ccccn2)O1. The molecule has 4 heteroatoms. The largest absolute Gasteiger partial charge is 0.479 e. The van der Waals surface area contributed by atoms with Crippen LogP contribution in [-0.2, 0) is 9.53 Å². The number of ether oxygens (including phenoxy) is 1. The summed E-state index contributed by atoms with van der Waals surface area (Å²) in [6, 6.07) is 5.56. The van der Waals surface area contributed by atoms with Crippen LogP contribution in [0.25, 0.3) is 0 Å². The molecule has 1 aromatic rings. The maximum absolute atomic E-state index is 10.6. The molecule has 1 fully saturated rings. The molecule has 1 N–H and O–H groups in total. The van der Waals surface area contributed by atoms with Crippen LogP contribution in [0.5, 0.6) is 0 Å². The lowest BCUT2D eigenvalue weighted by Gasteiger charge is -2.09. The summed E-state index contributed by atoms with van der Waals surface area (Å²) in [4.78, 5) is 14.8. The van der Waals surface area contributed by atoms with Gasteiger partial charge in [0.25, 0.3) is 0 Å². The fourth-order valence-electron chi connectivity index (χ4n) is 1.60. The van der Waals surface area contributed by atoms with Crippen molar-refractivity contribution in [2.75, 3.05) is 0 Å². The van der Waals surface area contributed by atoms with Gasteiger partial charge in [0.15, 0.2) is 6.10 Å². The van der Waals surface area contributed by atoms with Crippen LogP contribution >= 0.6 is 0 Å². The van der Waals surface area contributed by atoms with Crippen LogP contribution in [0.2, 0.25) is 0 Å². The van der Waals surface area contributed by atoms with E-state index in [1.54, 1.807) is 6.20 Å². The number of aromatic nitrogens is 1. The van der Waals surface area contributed by atoms with E-state index in [2.05, 4.69) is 4.98 Å². The second-order valence-corrected chi connectivity index (χ2v) is 3.28. The van der Waals surface area contributed by atoms with Gasteiger partial charge in [-0.2, -0.15) is 0 Å². The molecule has 4 nitrogen and oxygen atoms in total. The van der Waals surface area contributed by atoms with E-state index in [0.29, 0.717) is 6.42 Å². The smallest absolute Gasteiger partial charge is 0.332 e. The summed E-state index contributed by atoms with van der Waals surface area (Å²) in [6.07, 6.45) is 2.16. The van der Waals surface area contributed by atoms with Gasteiger partial charge in [-0.3, -0.25) is 4.98 Å². The van der Waals surface area contributed by atoms with E-state index < -0.39 is 12.1 Å². The second-order valence-electron chi connectivity index (χ2n) is 3.28. The highest BCUT2D eigenvalue weighted by Crippen LogP contribution is 2.31. The van der Waals surface area contributed by atoms with Crippen molar-refractivity contribution in [2.24, 2.45) is 0 Å². The lowest BCUT2D eigenvalue weighted by Crippen LogP contribution is -2.18. The van der Waals surface area contributed by atoms with Crippen LogP contribution < -0.4 is 0 Å². The monoisotopic (exact) mass is 193 g/mol. The number of nitrogens with zero attached hydrogens (tertiary/aromatic N) is 1. The zero-order chi connectivity index (χ0) is 9.97. The molecule has 74 valence electrons. The minimum absolute atomic E-state index is 0.155. The van der Waals surface area contributed by atoms with Gasteiger partial charge in [0, 0.05) is 6.20 Å². The third-order valence-corrected chi connectivity index (χ3v) is 2.31. The minimum atomic E-state index is -0.886. The molecule has 0 aliphatic carbocycles. The molecule has 0 bridgehead atoms. The summed E-state index contributed by atoms with van der Waals surface area (Å²) >= 11 is 0. The molecule has 0 saturated carbocycles. The third-order valence-electron chi connectivity index (χ3n) is 2.31. The summed E-state index contributed by atoms with van der Waals surface area (Å²) in [6.45, 7) is 0. The van der Waals surface area contributed by atoms with Gasteiger partial charge >= 0.3 is 5.97 Å². The number of carboxylic acids is 1. The highest BCUT2D eigenvalue weighted by atomic mass is 16.5. The van der Waals surface area contributed by atoms with Gasteiger partial charge < -0.3 is 9.84 Å². The Balaban J connectivity index is 2.06. The molecule has 2 rings (SSSR count). The molecule has 0 aromatic carbocycles. The number of carboxylic acid groups (broad SMARTS) is 1. The number of rotatable bonds is 2. The first-order valence-electron chi connectivity index (χ1n) is 4.56. The molecule has 1 saturated heterocycles. The molecule has 1 aromatic heterocycles. The van der Waals surface area contributed by atoms with Gasteiger partial charge in [0.05, 0.1) is 5.69 Å². The van der Waals surface area contributed by atoms with Crippen LogP contribution in [0.15, 0.2) is 24.4 Å². The van der Waals surface area contributed by atoms with E-state index in [1.165, 1.54) is 0 Å². The zero-order valence-electron chi connectivity index (χ0n) is 7.59. The van der Waals surface area contributed by atoms with E-state index in [-0.39, 0.29) is 6.10 Å². The molecule has 2 heterocycles. The van der Waals surface area contributed by atoms with Crippen molar-refractivity contribution in [3.8, 4) is 0 Å². The van der Waals surface area contributed by atoms with E-state index in [4.69, 9.17) is 9.84 Å². The maximum Gasteiger partial charge on any atom is 0.332 e. The summed E-state index contributed by atoms with van der Waals surface area (Å²) < 4.78 is 5.35. The third kappa shape index (κ3) is 1.75. The fraction of sp³-hybridized carbons (Fsp3) is 0.400. The highest BCUT2D eigenvalue weighted by Gasteiger charge is 2.31. The summed E-state index contributed by atoms with van der Waals surface area (Å²) in [5.74, 6) is -0.886. The van der Waals surface area contributed by atoms with Crippen LogP contribution in [0, 0.1) is 0 Å². The molecule has 1 aliphatic heterocycles. The Morgan fingerprint density at radius 1 is 1.50 bits per heavy atom. The van der Waals surface area contributed by atoms with Gasteiger partial charge in [-0.25, -0.2) is 4.79 Å². The Labute approximate surface area is 81.5 Å². The average Bonchev–Trinajstić information content (AvgIpc) is 2.68. The normalized spacial score (nSPS) is 26.3. The van der Waals surface area contributed by atoms with Crippen molar-refractivity contribution in [1.29, 1.82) is 0 Å². The van der Waals surface area contributed by atoms with Gasteiger partial charge in [-0.1, -0.05) is 6.07 Å². The minimum Gasteiger partial charge on any atom is -0.479 e. The van der Waals surface area contributed by atoms with Crippen LogP contribution in [-0.4, -0.2) is 22.2 Å². The standard InChI is InChI=1S/C10H11NO3/c12-10(13)9-5-4-8(14-9)7-3-1-2-6-11-7/h1-3,6,8-9H,4-5H2,(H,12,13). The Hall–Kier alpha value is -1.42. The van der Waals surface area contributed by atoms with Gasteiger partial charge in [-0.05, 0) is 25.0 Å². The number of carbonyl (C=O) groups is 1. The Kier molecular flexibility index (Phi) is 2.45. The first-order chi connectivity index (χ1) is 6.77. The molecular weight excluding hydrogens is 182 g/mol. The zero-order valence-corrected chi connectivity index (χ0v) is 7.59. The molecule has 0 radical (unpaired) electrons. The lowest BCUT2D eigenvalue weighted by molar-refractivity contribution is -0.149. The highest BCUT2D eigenvalue weighted by molar-refractivity contribution is 5.72. The second kappa shape index (κ2) is 3.75. The molecule has 14 heavy (non-hydrogen) atoms. The van der Waals surface area contributed by atoms with Crippen molar-refractivity contribution in [1.82, 2.24) is 4.98 Å². The van der Waals surface area contributed by atoms with Crippen molar-refractivity contribution in [3.63, 3.8) is 0 Å². The molecular formula is C10H11NO3. The molecule has 2 unspecified atom stereocenters. The number of hydrogen-bond donors (Lipinski definition) is 1. The molecule has 0 spiro atoms. The molecule has 1 aliphatic rings. The number of aliphatic carboxylic acids is 1. The lowest BCUT2D eigenvalue weighted by atomic mass is 10.1. The summed E-state index contributed by atoms with van der Waals surface area (Å²) in [5, 5.41) is 8.73. The Morgan fingerprint density at radius 3 is 2.93 bits per heavy atom. The van der Waals surface area contributed by atoms with Crippen LogP contribution in [0.1, 0.15) is 24.6 Å². The number of hydrogen-bond acceptors (Lipinski definition) is 3. The first-order valence-corrected chi connectivity index (χ1v) is 4.56. The Morgan fingerprint density at radius 2 is 2.36 bits per heavy atom. The summed E-state index contributed by atoms with van der Waals surface area (Å²) in [5.41, 5.74) is 0.816. The van der Waals surface area contributed by atoms with Gasteiger partial charge in [-0.15, -0.1) is 0 Å². The first kappa shape index (κ1) is 9.15. The van der Waals surface area contributed by atoms with E-state index in [0.717, 1.165) is 12.1 Å². The molecule has 2 atom stereocenters. The maximum atomic E-state index is 10.6. The summed E-state index contributed by atoms with van der Waals surface area (Å²) in [7, 11) is 0. The van der Waals surface area contributed by atoms with Crippen LogP contribution in [0.3, 0.4) is 0 Å². The van der Waals surface area contributed by atoms with Crippen molar-refractivity contribution in [3.05, 3.63) is 30.1 Å². The van der Waals surface area contributed by atoms with Crippen molar-refractivity contribution >= 4 is 5.97 Å². The Bertz CT molecular complexity index is 325. The topological polar surface area (TPSA) is 59.4 Å².